The Hall–Kier alpha value is -8.38. The van der Waals surface area contributed by atoms with Gasteiger partial charge in [-0.2, -0.15) is 0 Å². The number of piperidine rings is 2. The predicted octanol–water partition coefficient (Wildman–Crippen LogP) is 16.8. The van der Waals surface area contributed by atoms with Crippen LogP contribution in [0.2, 0.25) is 0 Å². The lowest BCUT2D eigenvalue weighted by Crippen LogP contribution is -2.61. The van der Waals surface area contributed by atoms with E-state index in [4.69, 9.17) is 70.6 Å². The largest absolute Gasteiger partial charge is 0.460 e. The minimum atomic E-state index is -2.46. The van der Waals surface area contributed by atoms with Crippen molar-refractivity contribution in [2.45, 2.75) is 360 Å². The molecular weight excluding hydrogens is 1950 g/mol. The first kappa shape index (κ1) is 129. The highest BCUT2D eigenvalue weighted by molar-refractivity contribution is 6.41. The third-order valence-corrected chi connectivity index (χ3v) is 30.8. The van der Waals surface area contributed by atoms with Gasteiger partial charge in [0.05, 0.1) is 54.2 Å². The maximum absolute atomic E-state index is 14.4. The molecule has 2 saturated carbocycles. The molecule has 0 spiro atoms. The first-order valence-electron chi connectivity index (χ1n) is 53.3. The van der Waals surface area contributed by atoms with Crippen LogP contribution in [-0.2, 0) is 100 Å². The van der Waals surface area contributed by atoms with Crippen LogP contribution < -0.4 is 0 Å². The summed E-state index contributed by atoms with van der Waals surface area (Å²) in [6, 6.07) is 15.8. The van der Waals surface area contributed by atoms with Crippen molar-refractivity contribution in [3.05, 3.63) is 167 Å². The van der Waals surface area contributed by atoms with E-state index < -0.39 is 162 Å². The molecule has 832 valence electrons. The van der Waals surface area contributed by atoms with Crippen LogP contribution in [0.25, 0.3) is 0 Å². The number of rotatable bonds is 34. The van der Waals surface area contributed by atoms with Gasteiger partial charge in [-0.15, -0.1) is 23.2 Å². The monoisotopic (exact) mass is 2120 g/mol. The van der Waals surface area contributed by atoms with E-state index in [0.29, 0.717) is 132 Å². The fourth-order valence-electron chi connectivity index (χ4n) is 21.3. The summed E-state index contributed by atoms with van der Waals surface area (Å²) in [5.74, 6) is -15.6. The smallest absolute Gasteiger partial charge is 0.329 e. The molecule has 2 aliphatic carbocycles. The van der Waals surface area contributed by atoms with E-state index in [1.807, 2.05) is 140 Å². The number of aliphatic hydroxyl groups excluding tert-OH is 4. The maximum atomic E-state index is 14.4. The number of fused-ring (bicyclic) bond motifs is 3. The van der Waals surface area contributed by atoms with E-state index in [0.717, 1.165) is 35.8 Å². The molecule has 5 heterocycles. The quantitative estimate of drug-likeness (QED) is 0.00721. The molecule has 149 heavy (non-hydrogen) atoms. The molecule has 2 aromatic rings. The summed E-state index contributed by atoms with van der Waals surface area (Å²) >= 11 is 9.53. The Kier molecular flexibility index (Phi) is 56.7. The van der Waals surface area contributed by atoms with E-state index in [1.54, 1.807) is 119 Å². The van der Waals surface area contributed by atoms with Gasteiger partial charge in [0.1, 0.15) is 72.8 Å². The highest BCUT2D eigenvalue weighted by Crippen LogP contribution is 2.42. The molecule has 30 atom stereocenters. The second-order valence-corrected chi connectivity index (χ2v) is 43.1. The van der Waals surface area contributed by atoms with E-state index >= 15 is 0 Å². The third-order valence-electron chi connectivity index (χ3n) is 30.8. The number of halogens is 2. The second-order valence-electron chi connectivity index (χ2n) is 42.3. The molecule has 32 heteroatoms. The summed E-state index contributed by atoms with van der Waals surface area (Å²) in [4.78, 5) is 164. The number of aliphatic hydroxyl groups is 6. The van der Waals surface area contributed by atoms with Gasteiger partial charge in [-0.1, -0.05) is 203 Å². The van der Waals surface area contributed by atoms with Gasteiger partial charge < -0.3 is 87.8 Å². The van der Waals surface area contributed by atoms with Crippen molar-refractivity contribution in [1.82, 2.24) is 9.80 Å². The van der Waals surface area contributed by atoms with E-state index in [-0.39, 0.29) is 127 Å². The number of carbonyl (C=O) groups is 12. The van der Waals surface area contributed by atoms with Crippen LogP contribution in [0.5, 0.6) is 0 Å². The second kappa shape index (κ2) is 65.3. The third kappa shape index (κ3) is 39.2. The lowest BCUT2D eigenvalue weighted by atomic mass is 9.78. The number of methoxy groups -OCH3 is 6. The Morgan fingerprint density at radius 3 is 1.87 bits per heavy atom. The van der Waals surface area contributed by atoms with Gasteiger partial charge in [-0.25, -0.2) is 9.59 Å². The number of amides is 2. The predicted molar refractivity (Wildman–Crippen MR) is 570 cm³/mol. The zero-order valence-electron chi connectivity index (χ0n) is 91.4. The number of esters is 2. The zero-order chi connectivity index (χ0) is 111. The Morgan fingerprint density at radius 1 is 0.651 bits per heavy atom. The Labute approximate surface area is 893 Å². The minimum Gasteiger partial charge on any atom is -0.460 e. The molecule has 7 aliphatic rings. The van der Waals surface area contributed by atoms with Gasteiger partial charge >= 0.3 is 11.9 Å². The van der Waals surface area contributed by atoms with Crippen molar-refractivity contribution in [3.63, 3.8) is 0 Å². The van der Waals surface area contributed by atoms with Crippen molar-refractivity contribution in [2.24, 2.45) is 71.0 Å². The number of hydrogen-bond donors (Lipinski definition) is 6. The van der Waals surface area contributed by atoms with Gasteiger partial charge in [0.15, 0.2) is 11.6 Å². The average molecular weight is 2130 g/mol. The number of allylic oxidation sites excluding steroid dienone is 13. The number of likely N-dealkylation sites (tertiary alicyclic amines) is 1. The normalized spacial score (nSPS) is 31.2. The summed E-state index contributed by atoms with van der Waals surface area (Å²) in [6.07, 6.45) is 24.3. The number of Topliss-reactive ketones (excluding diaryl/α,β-unsaturated/α-hetero) is 6. The molecule has 0 radical (unpaired) electrons. The van der Waals surface area contributed by atoms with Crippen molar-refractivity contribution < 1.29 is 136 Å². The van der Waals surface area contributed by atoms with Crippen LogP contribution in [0.4, 0.5) is 0 Å². The highest BCUT2D eigenvalue weighted by Gasteiger charge is 2.56. The number of ketones is 6. The topological polar surface area (TPSA) is 425 Å². The molecule has 2 aromatic carbocycles. The number of benzene rings is 2. The molecular formula is C117H172Cl2N2O28. The highest BCUT2D eigenvalue weighted by atomic mass is 35.5. The van der Waals surface area contributed by atoms with Gasteiger partial charge in [-0.05, 0) is 219 Å². The fourth-order valence-corrected chi connectivity index (χ4v) is 21.3. The molecule has 2 bridgehead atoms. The molecule has 0 aromatic heterocycles. The minimum absolute atomic E-state index is 0.0193. The molecule has 4 unspecified atom stereocenters. The van der Waals surface area contributed by atoms with E-state index in [1.165, 1.54) is 24.0 Å². The number of ether oxygens (including phenoxy) is 10. The zero-order valence-corrected chi connectivity index (χ0v) is 92.9. The standard InChI is InChI=1S/C58H85NO14.C51H79NO13.C7H6O.CH2Cl2/c1-36(29-41(6)52(63)54(71-10)53(64)44-21-15-12-16-22-44)19-13-11-14-20-38(3)49(69-8)33-45-26-24-42(7)58(68,73-45)55(65)56(66)59-28-18-17-23-46(59)57(67)72-50(34-48(62)39(4)30-37(2)35-60)40(5)31-43-25-27-47(61)51(32-43)70-9;1-30-16-12-11-13-17-31(2)42(61-8)28-38-21-19-36(7)51(60,65-38)48(57)49(58)52-23-15-14-18-39(52)50(59)64-43(33(4)26-37-20-22-40(53)44(27-37)62-9)29-41(54)32(3)25-35(6)46(56)47(63-10)45(55)34(5)24-30;8-6-7-4-2-1-3-5-7;2-1-3/h11-16,19-22,30,35-36,39-43,45-47,49-51,53-54,61,64,68H,17-18,23-29,31-34H2,1-10H3;11-13,16-17,25,30,32-34,36-40,42-44,46-47,53,56,60H,14-15,18-24,26-29H2,1-10H3;1-6H;1H2/b14-11+,19-13+,37-30+,38-20+;13-11?,16-12+,31-17?,35-25+;;/t36-,39-,40-,41-,42-,43+,45+,46+,47-,49+,50?,51-,53?,54?,58-;30-,32-,33-,34-,36-,37+,38+,39+,40-,42+,43?,44-,46-,47+,51-;;/m11../s1. The van der Waals surface area contributed by atoms with Gasteiger partial charge in [0, 0.05) is 123 Å². The maximum Gasteiger partial charge on any atom is 0.329 e. The Morgan fingerprint density at radius 2 is 1.27 bits per heavy atom. The molecule has 30 nitrogen and oxygen atoms in total. The van der Waals surface area contributed by atoms with Gasteiger partial charge in [0.2, 0.25) is 11.6 Å². The van der Waals surface area contributed by atoms with Crippen LogP contribution in [0.15, 0.2) is 156 Å². The van der Waals surface area contributed by atoms with Gasteiger partial charge in [-0.3, -0.25) is 47.9 Å². The Bertz CT molecular complexity index is 4820. The van der Waals surface area contributed by atoms with Crippen LogP contribution >= 0.6 is 23.2 Å². The lowest BCUT2D eigenvalue weighted by Gasteiger charge is -2.42. The van der Waals surface area contributed by atoms with Crippen LogP contribution in [0.1, 0.15) is 273 Å². The van der Waals surface area contributed by atoms with Crippen molar-refractivity contribution >= 4 is 94.2 Å². The molecule has 4 saturated heterocycles. The first-order chi connectivity index (χ1) is 70.8. The molecule has 5 aliphatic heterocycles. The van der Waals surface area contributed by atoms with Crippen LogP contribution in [-0.4, -0.2) is 276 Å². The first-order valence-corrected chi connectivity index (χ1v) is 54.3. The van der Waals surface area contributed by atoms with E-state index in [9.17, 15) is 88.2 Å². The number of alkyl halides is 2. The van der Waals surface area contributed by atoms with E-state index in [2.05, 4.69) is 0 Å². The summed E-state index contributed by atoms with van der Waals surface area (Å²) in [5, 5.41) is 67.3. The number of nitrogens with zero attached hydrogens (tertiary/aromatic N) is 2. The molecule has 2 amide bonds. The summed E-state index contributed by atoms with van der Waals surface area (Å²) in [6.45, 7) is 25.4. The fraction of sp³-hybridized carbons (Fsp3) is 0.658. The average Bonchev–Trinajstić information content (AvgIpc) is 0.773. The lowest BCUT2D eigenvalue weighted by molar-refractivity contribution is -0.265. The Balaban J connectivity index is 0.000000414. The molecule has 6 fully saturated rings. The molecule has 6 N–H and O–H groups in total. The van der Waals surface area contributed by atoms with Crippen molar-refractivity contribution in [3.8, 4) is 0 Å². The number of carbonyl (C=O) groups excluding carboxylic acids is 12. The summed E-state index contributed by atoms with van der Waals surface area (Å²) in [7, 11) is 9.08. The van der Waals surface area contributed by atoms with Crippen LogP contribution in [0, 0.1) is 71.0 Å². The van der Waals surface area contributed by atoms with Crippen LogP contribution in [0.3, 0.4) is 0 Å². The van der Waals surface area contributed by atoms with Gasteiger partial charge in [0.25, 0.3) is 23.4 Å². The van der Waals surface area contributed by atoms with Crippen molar-refractivity contribution in [1.29, 1.82) is 0 Å². The van der Waals surface area contributed by atoms with Crippen molar-refractivity contribution in [2.75, 3.05) is 61.1 Å². The number of cyclic esters (lactones) is 1. The number of hydrogen-bond acceptors (Lipinski definition) is 28. The SMILES string of the molecule is COC(C(=O)[C@H](C)C[C@H](C)/C=C/C=C/C=C(\C)[C@H](C[C@@H]1CC[C@@H](C)[C@](O)(C(=O)C(=O)N2CCCC[C@H]2C(=O)OC(CC(=O)[C@H](C)/C=C(\C)C=O)[C@H](C)C[C@@H]2CC[C@@H](O)[C@H](OC)C2)O1)OC)C(O)c1ccccc1.CO[C@H]1C[C@@H]2CC[C@@H](C)[C@@](O)(O2)C(=O)C(=O)N2CCCC[C@H]2C(=O)OC([C@H](C)C[C@@H]2CC[C@@H](O)[C@H](OC)C2)CC(=O)[C@H](C)/C=C(\C)[C@@H](O)[C@@H](OC)C(=O)[C@H](C)C[C@H](C)/C=C/C=CC=C1C.ClCCl.O=Cc1ccccc1. The number of aldehydes is 2. The summed E-state index contributed by atoms with van der Waals surface area (Å²) in [5.41, 5.74) is 3.88. The summed E-state index contributed by atoms with van der Waals surface area (Å²) < 4.78 is 58.5. The molecule has 9 rings (SSSR count).